The lowest BCUT2D eigenvalue weighted by molar-refractivity contribution is 0.0988. The van der Waals surface area contributed by atoms with Gasteiger partial charge < -0.3 is 5.32 Å². The summed E-state index contributed by atoms with van der Waals surface area (Å²) in [5, 5.41) is 3.67. The Morgan fingerprint density at radius 3 is 2.32 bits per heavy atom. The summed E-state index contributed by atoms with van der Waals surface area (Å²) < 4.78 is 0. The van der Waals surface area contributed by atoms with Gasteiger partial charge in [0.1, 0.15) is 0 Å². The van der Waals surface area contributed by atoms with E-state index in [1.807, 2.05) is 0 Å². The van der Waals surface area contributed by atoms with E-state index in [-0.39, 0.29) is 0 Å². The highest BCUT2D eigenvalue weighted by molar-refractivity contribution is 4.87. The molecule has 1 aliphatic rings. The molecule has 0 saturated heterocycles. The molecule has 1 nitrogen and oxygen atoms in total. The molecule has 1 rings (SSSR count). The molecule has 0 bridgehead atoms. The van der Waals surface area contributed by atoms with Crippen molar-refractivity contribution < 1.29 is 0 Å². The first kappa shape index (κ1) is 17.0. The molecule has 1 aliphatic carbocycles. The number of hydrogen-bond donors (Lipinski definition) is 1. The van der Waals surface area contributed by atoms with Crippen LogP contribution in [0.5, 0.6) is 0 Å². The van der Waals surface area contributed by atoms with Gasteiger partial charge in [0, 0.05) is 6.04 Å². The van der Waals surface area contributed by atoms with E-state index in [0.29, 0.717) is 16.9 Å². The fourth-order valence-electron chi connectivity index (χ4n) is 3.40. The first-order valence-corrected chi connectivity index (χ1v) is 8.32. The second-order valence-corrected chi connectivity index (χ2v) is 9.09. The minimum absolute atomic E-state index is 0.484. The SMILES string of the molecule is CC(C)NCC1CCC(C)(C)CC1CCC(C)(C)C. The van der Waals surface area contributed by atoms with Gasteiger partial charge in [-0.3, -0.25) is 0 Å². The molecule has 2 atom stereocenters. The van der Waals surface area contributed by atoms with E-state index in [9.17, 15) is 0 Å². The van der Waals surface area contributed by atoms with Crippen molar-refractivity contribution in [2.75, 3.05) is 6.54 Å². The predicted octanol–water partition coefficient (Wildman–Crippen LogP) is 5.25. The molecule has 0 aromatic heterocycles. The largest absolute Gasteiger partial charge is 0.314 e. The maximum Gasteiger partial charge on any atom is 0.00104 e. The van der Waals surface area contributed by atoms with Crippen LogP contribution in [-0.2, 0) is 0 Å². The van der Waals surface area contributed by atoms with Crippen LogP contribution < -0.4 is 5.32 Å². The Balaban J connectivity index is 2.56. The van der Waals surface area contributed by atoms with Crippen molar-refractivity contribution in [1.29, 1.82) is 0 Å². The number of nitrogens with one attached hydrogen (secondary N) is 1. The van der Waals surface area contributed by atoms with Crippen molar-refractivity contribution in [3.05, 3.63) is 0 Å². The zero-order valence-corrected chi connectivity index (χ0v) is 14.5. The van der Waals surface area contributed by atoms with E-state index in [1.54, 1.807) is 0 Å². The summed E-state index contributed by atoms with van der Waals surface area (Å²) >= 11 is 0. The molecule has 114 valence electrons. The van der Waals surface area contributed by atoms with Gasteiger partial charge in [-0.25, -0.2) is 0 Å². The van der Waals surface area contributed by atoms with Crippen LogP contribution in [0, 0.1) is 22.7 Å². The average Bonchev–Trinajstić information content (AvgIpc) is 2.23. The molecule has 0 amide bonds. The summed E-state index contributed by atoms with van der Waals surface area (Å²) in [6.45, 7) is 17.8. The first-order valence-electron chi connectivity index (χ1n) is 8.32. The first-order chi connectivity index (χ1) is 8.59. The number of rotatable bonds is 5. The summed E-state index contributed by atoms with van der Waals surface area (Å²) in [5.41, 5.74) is 1.05. The van der Waals surface area contributed by atoms with Crippen LogP contribution in [0.4, 0.5) is 0 Å². The van der Waals surface area contributed by atoms with Crippen LogP contribution >= 0.6 is 0 Å². The maximum absolute atomic E-state index is 3.67. The highest BCUT2D eigenvalue weighted by Crippen LogP contribution is 2.44. The van der Waals surface area contributed by atoms with Gasteiger partial charge in [-0.2, -0.15) is 0 Å². The molecule has 1 heteroatoms. The smallest absolute Gasteiger partial charge is 0.00104 e. The van der Waals surface area contributed by atoms with E-state index in [1.165, 1.54) is 38.6 Å². The monoisotopic (exact) mass is 267 g/mol. The minimum atomic E-state index is 0.484. The Hall–Kier alpha value is -0.0400. The van der Waals surface area contributed by atoms with Crippen LogP contribution in [0.2, 0.25) is 0 Å². The molecule has 0 radical (unpaired) electrons. The quantitative estimate of drug-likeness (QED) is 0.717. The second kappa shape index (κ2) is 6.61. The van der Waals surface area contributed by atoms with Crippen molar-refractivity contribution in [3.8, 4) is 0 Å². The van der Waals surface area contributed by atoms with Crippen LogP contribution in [0.15, 0.2) is 0 Å². The Morgan fingerprint density at radius 2 is 1.79 bits per heavy atom. The molecule has 1 N–H and O–H groups in total. The second-order valence-electron chi connectivity index (χ2n) is 9.09. The normalized spacial score (nSPS) is 27.8. The standard InChI is InChI=1S/C18H37N/c1-14(2)19-13-16-9-11-18(6,7)12-15(16)8-10-17(3,4)5/h14-16,19H,8-13H2,1-7H3. The molecular formula is C18H37N. The summed E-state index contributed by atoms with van der Waals surface area (Å²) in [6.07, 6.45) is 7.03. The molecule has 2 unspecified atom stereocenters. The van der Waals surface area contributed by atoms with Gasteiger partial charge in [0.2, 0.25) is 0 Å². The Kier molecular flexibility index (Phi) is 5.92. The Morgan fingerprint density at radius 1 is 1.16 bits per heavy atom. The third-order valence-corrected chi connectivity index (χ3v) is 4.73. The molecule has 0 heterocycles. The van der Waals surface area contributed by atoms with Gasteiger partial charge in [0.05, 0.1) is 0 Å². The highest BCUT2D eigenvalue weighted by Gasteiger charge is 2.34. The third kappa shape index (κ3) is 6.79. The fraction of sp³-hybridized carbons (Fsp3) is 1.00. The van der Waals surface area contributed by atoms with Gasteiger partial charge >= 0.3 is 0 Å². The molecule has 0 aliphatic heterocycles. The van der Waals surface area contributed by atoms with Crippen LogP contribution in [-0.4, -0.2) is 12.6 Å². The fourth-order valence-corrected chi connectivity index (χ4v) is 3.40. The van der Waals surface area contributed by atoms with Gasteiger partial charge in [0.15, 0.2) is 0 Å². The summed E-state index contributed by atoms with van der Waals surface area (Å²) in [7, 11) is 0. The molecular weight excluding hydrogens is 230 g/mol. The summed E-state index contributed by atoms with van der Waals surface area (Å²) in [5.74, 6) is 1.83. The van der Waals surface area contributed by atoms with Crippen molar-refractivity contribution in [2.45, 2.75) is 86.6 Å². The average molecular weight is 268 g/mol. The zero-order chi connectivity index (χ0) is 14.7. The van der Waals surface area contributed by atoms with E-state index < -0.39 is 0 Å². The van der Waals surface area contributed by atoms with Crippen molar-refractivity contribution in [3.63, 3.8) is 0 Å². The Labute approximate surface area is 121 Å². The van der Waals surface area contributed by atoms with E-state index in [4.69, 9.17) is 0 Å². The van der Waals surface area contributed by atoms with E-state index in [2.05, 4.69) is 53.8 Å². The predicted molar refractivity (Wildman–Crippen MR) is 86.4 cm³/mol. The topological polar surface area (TPSA) is 12.0 Å². The van der Waals surface area contributed by atoms with Crippen LogP contribution in [0.25, 0.3) is 0 Å². The van der Waals surface area contributed by atoms with E-state index in [0.717, 1.165) is 11.8 Å². The molecule has 0 aromatic rings. The highest BCUT2D eigenvalue weighted by atomic mass is 14.9. The Bertz CT molecular complexity index is 257. The maximum atomic E-state index is 3.67. The zero-order valence-electron chi connectivity index (χ0n) is 14.5. The van der Waals surface area contributed by atoms with Gasteiger partial charge in [0.25, 0.3) is 0 Å². The van der Waals surface area contributed by atoms with Crippen molar-refractivity contribution >= 4 is 0 Å². The number of hydrogen-bond acceptors (Lipinski definition) is 1. The van der Waals surface area contributed by atoms with Gasteiger partial charge in [-0.1, -0.05) is 48.5 Å². The molecule has 0 aromatic carbocycles. The molecule has 0 spiro atoms. The summed E-state index contributed by atoms with van der Waals surface area (Å²) in [4.78, 5) is 0. The van der Waals surface area contributed by atoms with Crippen LogP contribution in [0.1, 0.15) is 80.6 Å². The van der Waals surface area contributed by atoms with Gasteiger partial charge in [-0.15, -0.1) is 0 Å². The molecule has 19 heavy (non-hydrogen) atoms. The van der Waals surface area contributed by atoms with E-state index >= 15 is 0 Å². The van der Waals surface area contributed by atoms with Crippen molar-refractivity contribution in [1.82, 2.24) is 5.32 Å². The lowest BCUT2D eigenvalue weighted by Gasteiger charge is -2.42. The third-order valence-electron chi connectivity index (χ3n) is 4.73. The summed E-state index contributed by atoms with van der Waals surface area (Å²) in [6, 6.07) is 0.623. The lowest BCUT2D eigenvalue weighted by Crippen LogP contribution is -2.38. The lowest BCUT2D eigenvalue weighted by atomic mass is 9.65. The molecule has 1 saturated carbocycles. The van der Waals surface area contributed by atoms with Crippen LogP contribution in [0.3, 0.4) is 0 Å². The minimum Gasteiger partial charge on any atom is -0.314 e. The van der Waals surface area contributed by atoms with Crippen molar-refractivity contribution in [2.24, 2.45) is 22.7 Å². The van der Waals surface area contributed by atoms with Gasteiger partial charge in [-0.05, 0) is 61.3 Å². The molecule has 1 fully saturated rings.